The van der Waals surface area contributed by atoms with Crippen LogP contribution in [0.25, 0.3) is 0 Å². The molecular formula is C13H17NO3. The van der Waals surface area contributed by atoms with Crippen LogP contribution >= 0.6 is 0 Å². The van der Waals surface area contributed by atoms with Gasteiger partial charge in [-0.3, -0.25) is 0 Å². The minimum Gasteiger partial charge on any atom is -0.493 e. The minimum absolute atomic E-state index is 0.150. The third kappa shape index (κ3) is 1.77. The van der Waals surface area contributed by atoms with Crippen LogP contribution < -0.4 is 14.8 Å². The van der Waals surface area contributed by atoms with Crippen molar-refractivity contribution in [2.24, 2.45) is 0 Å². The van der Waals surface area contributed by atoms with Crippen molar-refractivity contribution in [2.45, 2.75) is 18.6 Å². The molecule has 1 N–H and O–H groups in total. The van der Waals surface area contributed by atoms with E-state index in [4.69, 9.17) is 14.2 Å². The zero-order valence-corrected chi connectivity index (χ0v) is 10.2. The largest absolute Gasteiger partial charge is 0.493 e. The van der Waals surface area contributed by atoms with Crippen molar-refractivity contribution in [3.05, 3.63) is 23.3 Å². The number of methoxy groups -OCH3 is 2. The van der Waals surface area contributed by atoms with Crippen molar-refractivity contribution < 1.29 is 14.2 Å². The van der Waals surface area contributed by atoms with E-state index in [9.17, 15) is 0 Å². The average molecular weight is 235 g/mol. The average Bonchev–Trinajstić information content (AvgIpc) is 2.37. The van der Waals surface area contributed by atoms with E-state index < -0.39 is 0 Å². The van der Waals surface area contributed by atoms with Gasteiger partial charge in [0, 0.05) is 19.5 Å². The third-order valence-corrected chi connectivity index (χ3v) is 3.50. The molecule has 1 fully saturated rings. The van der Waals surface area contributed by atoms with E-state index in [2.05, 4.69) is 11.4 Å². The van der Waals surface area contributed by atoms with Gasteiger partial charge in [0.1, 0.15) is 0 Å². The Morgan fingerprint density at radius 3 is 2.71 bits per heavy atom. The van der Waals surface area contributed by atoms with Gasteiger partial charge in [-0.15, -0.1) is 0 Å². The van der Waals surface area contributed by atoms with E-state index >= 15 is 0 Å². The van der Waals surface area contributed by atoms with Crippen LogP contribution in [-0.4, -0.2) is 33.4 Å². The predicted octanol–water partition coefficient (Wildman–Crippen LogP) is 1.29. The highest BCUT2D eigenvalue weighted by atomic mass is 16.5. The molecular weight excluding hydrogens is 218 g/mol. The standard InChI is InChI=1S/C13H17NO3/c1-15-11-4-8-3-9-6-14-7-13(17-9)10(8)5-12(11)16-2/h4-5,9,13-14H,3,6-7H2,1-2H3/t9-,13-/m1/s1. The second-order valence-electron chi connectivity index (χ2n) is 4.52. The topological polar surface area (TPSA) is 39.7 Å². The minimum atomic E-state index is 0.150. The van der Waals surface area contributed by atoms with E-state index in [0.717, 1.165) is 31.0 Å². The quantitative estimate of drug-likeness (QED) is 0.838. The van der Waals surface area contributed by atoms with E-state index in [1.54, 1.807) is 14.2 Å². The smallest absolute Gasteiger partial charge is 0.161 e. The fourth-order valence-corrected chi connectivity index (χ4v) is 2.67. The van der Waals surface area contributed by atoms with Gasteiger partial charge in [-0.05, 0) is 23.3 Å². The van der Waals surface area contributed by atoms with Gasteiger partial charge in [-0.25, -0.2) is 0 Å². The van der Waals surface area contributed by atoms with E-state index in [-0.39, 0.29) is 6.10 Å². The molecule has 2 atom stereocenters. The summed E-state index contributed by atoms with van der Waals surface area (Å²) >= 11 is 0. The summed E-state index contributed by atoms with van der Waals surface area (Å²) in [7, 11) is 3.34. The molecule has 2 aliphatic heterocycles. The van der Waals surface area contributed by atoms with Crippen molar-refractivity contribution >= 4 is 0 Å². The van der Waals surface area contributed by atoms with Gasteiger partial charge in [-0.2, -0.15) is 0 Å². The predicted molar refractivity (Wildman–Crippen MR) is 63.7 cm³/mol. The first-order chi connectivity index (χ1) is 8.31. The summed E-state index contributed by atoms with van der Waals surface area (Å²) in [5.74, 6) is 1.58. The molecule has 3 rings (SSSR count). The lowest BCUT2D eigenvalue weighted by molar-refractivity contribution is -0.0495. The first kappa shape index (κ1) is 10.9. The molecule has 0 amide bonds. The van der Waals surface area contributed by atoms with Gasteiger partial charge >= 0.3 is 0 Å². The Balaban J connectivity index is 2.06. The van der Waals surface area contributed by atoms with E-state index in [1.807, 2.05) is 6.07 Å². The van der Waals surface area contributed by atoms with Crippen LogP contribution in [0, 0.1) is 0 Å². The molecule has 1 aromatic rings. The van der Waals surface area contributed by atoms with Crippen LogP contribution in [0.2, 0.25) is 0 Å². The molecule has 0 radical (unpaired) electrons. The van der Waals surface area contributed by atoms with Gasteiger partial charge in [0.05, 0.1) is 26.4 Å². The Morgan fingerprint density at radius 1 is 1.18 bits per heavy atom. The van der Waals surface area contributed by atoms with E-state index in [1.165, 1.54) is 11.1 Å². The molecule has 0 aromatic heterocycles. The number of hydrogen-bond acceptors (Lipinski definition) is 4. The lowest BCUT2D eigenvalue weighted by Crippen LogP contribution is -2.44. The Morgan fingerprint density at radius 2 is 1.94 bits per heavy atom. The Labute approximate surface area is 101 Å². The van der Waals surface area contributed by atoms with Gasteiger partial charge in [0.25, 0.3) is 0 Å². The highest BCUT2D eigenvalue weighted by Crippen LogP contribution is 2.39. The monoisotopic (exact) mass is 235 g/mol. The lowest BCUT2D eigenvalue weighted by Gasteiger charge is -2.37. The number of hydrogen-bond donors (Lipinski definition) is 1. The van der Waals surface area contributed by atoms with Crippen molar-refractivity contribution in [2.75, 3.05) is 27.3 Å². The number of rotatable bonds is 2. The van der Waals surface area contributed by atoms with Crippen molar-refractivity contribution in [1.29, 1.82) is 0 Å². The maximum atomic E-state index is 5.96. The second kappa shape index (κ2) is 4.20. The van der Waals surface area contributed by atoms with Crippen LogP contribution in [0.5, 0.6) is 11.5 Å². The van der Waals surface area contributed by atoms with Crippen LogP contribution in [0.15, 0.2) is 12.1 Å². The molecule has 92 valence electrons. The highest BCUT2D eigenvalue weighted by Gasteiger charge is 2.32. The molecule has 4 nitrogen and oxygen atoms in total. The maximum Gasteiger partial charge on any atom is 0.161 e. The molecule has 0 aliphatic carbocycles. The van der Waals surface area contributed by atoms with Crippen LogP contribution in [0.4, 0.5) is 0 Å². The van der Waals surface area contributed by atoms with Gasteiger partial charge in [0.2, 0.25) is 0 Å². The van der Waals surface area contributed by atoms with Gasteiger partial charge < -0.3 is 19.5 Å². The van der Waals surface area contributed by atoms with Crippen molar-refractivity contribution in [3.63, 3.8) is 0 Å². The van der Waals surface area contributed by atoms with E-state index in [0.29, 0.717) is 6.10 Å². The molecule has 1 aromatic carbocycles. The van der Waals surface area contributed by atoms with Gasteiger partial charge in [0.15, 0.2) is 11.5 Å². The Hall–Kier alpha value is -1.26. The number of morpholine rings is 1. The molecule has 0 saturated carbocycles. The summed E-state index contributed by atoms with van der Waals surface area (Å²) in [5.41, 5.74) is 2.55. The summed E-state index contributed by atoms with van der Waals surface area (Å²) in [4.78, 5) is 0. The lowest BCUT2D eigenvalue weighted by atomic mass is 9.91. The Bertz CT molecular complexity index is 433. The molecule has 0 unspecified atom stereocenters. The molecule has 1 saturated heterocycles. The summed E-state index contributed by atoms with van der Waals surface area (Å²) in [6.07, 6.45) is 1.38. The summed E-state index contributed by atoms with van der Waals surface area (Å²) < 4.78 is 16.6. The fourth-order valence-electron chi connectivity index (χ4n) is 2.67. The first-order valence-corrected chi connectivity index (χ1v) is 5.92. The van der Waals surface area contributed by atoms with Crippen LogP contribution in [0.3, 0.4) is 0 Å². The zero-order valence-electron chi connectivity index (χ0n) is 10.2. The zero-order chi connectivity index (χ0) is 11.8. The van der Waals surface area contributed by atoms with Crippen LogP contribution in [-0.2, 0) is 11.2 Å². The third-order valence-electron chi connectivity index (χ3n) is 3.50. The van der Waals surface area contributed by atoms with Crippen molar-refractivity contribution in [3.8, 4) is 11.5 Å². The number of fused-ring (bicyclic) bond motifs is 4. The summed E-state index contributed by atoms with van der Waals surface area (Å²) in [6, 6.07) is 4.13. The number of ether oxygens (including phenoxy) is 3. The molecule has 2 aliphatic rings. The summed E-state index contributed by atoms with van der Waals surface area (Å²) in [6.45, 7) is 1.81. The maximum absolute atomic E-state index is 5.96. The highest BCUT2D eigenvalue weighted by molar-refractivity contribution is 5.49. The Kier molecular flexibility index (Phi) is 2.68. The molecule has 4 heteroatoms. The fraction of sp³-hybridized carbons (Fsp3) is 0.538. The molecule has 0 spiro atoms. The second-order valence-corrected chi connectivity index (χ2v) is 4.52. The SMILES string of the molecule is COc1cc2c(cc1OC)[C@H]1CNC[C@@H](C2)O1. The molecule has 2 bridgehead atoms. The normalized spacial score (nSPS) is 26.2. The first-order valence-electron chi connectivity index (χ1n) is 5.92. The van der Waals surface area contributed by atoms with Crippen molar-refractivity contribution in [1.82, 2.24) is 5.32 Å². The number of nitrogens with one attached hydrogen (secondary N) is 1. The molecule has 2 heterocycles. The molecule has 17 heavy (non-hydrogen) atoms. The number of benzene rings is 1. The summed E-state index contributed by atoms with van der Waals surface area (Å²) in [5, 5.41) is 3.40. The van der Waals surface area contributed by atoms with Crippen LogP contribution in [0.1, 0.15) is 17.2 Å². The van der Waals surface area contributed by atoms with Gasteiger partial charge in [-0.1, -0.05) is 0 Å².